The summed E-state index contributed by atoms with van der Waals surface area (Å²) in [6.07, 6.45) is 0. The molecule has 0 saturated heterocycles. The zero-order chi connectivity index (χ0) is 31.8. The quantitative estimate of drug-likeness (QED) is 0.141. The van der Waals surface area contributed by atoms with Crippen LogP contribution in [0.1, 0.15) is 25.0 Å². The molecule has 0 aromatic heterocycles. The van der Waals surface area contributed by atoms with Crippen molar-refractivity contribution >= 4 is 55.4 Å². The second kappa shape index (κ2) is 10.4. The first-order chi connectivity index (χ1) is 23.0. The van der Waals surface area contributed by atoms with Crippen molar-refractivity contribution in [2.75, 3.05) is 0 Å². The van der Waals surface area contributed by atoms with E-state index >= 15 is 4.57 Å². The fourth-order valence-corrected chi connectivity index (χ4v) is 10.7. The van der Waals surface area contributed by atoms with E-state index in [4.69, 9.17) is 0 Å². The summed E-state index contributed by atoms with van der Waals surface area (Å²) in [6.45, 7) is 4.63. The lowest BCUT2D eigenvalue weighted by Crippen LogP contribution is -2.26. The summed E-state index contributed by atoms with van der Waals surface area (Å²) in [6, 6.07) is 57.7. The van der Waals surface area contributed by atoms with Crippen LogP contribution < -0.4 is 15.9 Å². The van der Waals surface area contributed by atoms with Gasteiger partial charge in [-0.25, -0.2) is 0 Å². The third kappa shape index (κ3) is 4.07. The Morgan fingerprint density at radius 2 is 0.872 bits per heavy atom. The molecule has 2 heteroatoms. The predicted molar refractivity (Wildman–Crippen MR) is 201 cm³/mol. The summed E-state index contributed by atoms with van der Waals surface area (Å²) >= 11 is 0. The zero-order valence-electron chi connectivity index (χ0n) is 26.4. The van der Waals surface area contributed by atoms with Gasteiger partial charge in [0.1, 0.15) is 0 Å². The van der Waals surface area contributed by atoms with Crippen molar-refractivity contribution in [3.8, 4) is 22.3 Å². The average molecular weight is 621 g/mol. The fraction of sp³-hybridized carbons (Fsp3) is 0.0667. The highest BCUT2D eigenvalue weighted by atomic mass is 31.2. The van der Waals surface area contributed by atoms with Gasteiger partial charge in [0.2, 0.25) is 0 Å². The van der Waals surface area contributed by atoms with Crippen LogP contribution in [0.3, 0.4) is 0 Å². The highest BCUT2D eigenvalue weighted by Crippen LogP contribution is 2.52. The van der Waals surface area contributed by atoms with Crippen LogP contribution in [0.25, 0.3) is 54.6 Å². The minimum Gasteiger partial charge on any atom is -0.309 e. The van der Waals surface area contributed by atoms with Gasteiger partial charge in [-0.05, 0) is 77.8 Å². The van der Waals surface area contributed by atoms with Crippen LogP contribution in [0.15, 0.2) is 164 Å². The molecule has 0 atom stereocenters. The Morgan fingerprint density at radius 3 is 1.47 bits per heavy atom. The summed E-state index contributed by atoms with van der Waals surface area (Å²) in [5.41, 5.74) is 7.20. The molecule has 0 saturated carbocycles. The van der Waals surface area contributed by atoms with Crippen molar-refractivity contribution in [3.05, 3.63) is 175 Å². The maximum absolute atomic E-state index is 15.3. The van der Waals surface area contributed by atoms with Crippen molar-refractivity contribution < 1.29 is 4.57 Å². The minimum absolute atomic E-state index is 0.270. The topological polar surface area (TPSA) is 17.1 Å². The van der Waals surface area contributed by atoms with Gasteiger partial charge >= 0.3 is 0 Å². The van der Waals surface area contributed by atoms with Crippen LogP contribution in [-0.4, -0.2) is 0 Å². The number of hydrogen-bond donors (Lipinski definition) is 0. The molecule has 1 aliphatic rings. The molecule has 1 aliphatic carbocycles. The molecular weight excluding hydrogens is 587 g/mol. The Kier molecular flexibility index (Phi) is 6.20. The fourth-order valence-electron chi connectivity index (χ4n) is 8.01. The largest absolute Gasteiger partial charge is 0.309 e. The molecule has 0 fully saturated rings. The average Bonchev–Trinajstić information content (AvgIpc) is 3.36. The first-order valence-corrected chi connectivity index (χ1v) is 18.0. The molecule has 1 nitrogen and oxygen atoms in total. The smallest absolute Gasteiger partial charge is 0.171 e. The highest BCUT2D eigenvalue weighted by molar-refractivity contribution is 7.85. The molecule has 224 valence electrons. The maximum Gasteiger partial charge on any atom is 0.171 e. The second-order valence-corrected chi connectivity index (χ2v) is 16.0. The van der Waals surface area contributed by atoms with Gasteiger partial charge in [0.25, 0.3) is 0 Å². The van der Waals surface area contributed by atoms with Gasteiger partial charge in [0.05, 0.1) is 0 Å². The van der Waals surface area contributed by atoms with Gasteiger partial charge in [-0.1, -0.05) is 166 Å². The van der Waals surface area contributed by atoms with Crippen molar-refractivity contribution in [1.29, 1.82) is 0 Å². The lowest BCUT2D eigenvalue weighted by Gasteiger charge is -2.25. The molecule has 0 aliphatic heterocycles. The van der Waals surface area contributed by atoms with Crippen molar-refractivity contribution in [2.45, 2.75) is 19.3 Å². The standard InChI is InChI=1S/C45H33OP/c1-45(2)42-28-30(34-22-13-23-41-37-19-10-9-18-35(37)36-20-11-12-21-40(36)44(34)41)24-26-38(42)39-27-25-33(29-43(39)45)47(46,31-14-5-3-6-15-31)32-16-7-4-8-17-32/h3-29H,1-2H3. The molecule has 0 unspecified atom stereocenters. The molecule has 0 N–H and O–H groups in total. The Bertz CT molecular complexity index is 2470. The van der Waals surface area contributed by atoms with Gasteiger partial charge in [-0.3, -0.25) is 0 Å². The van der Waals surface area contributed by atoms with E-state index in [1.54, 1.807) is 0 Å². The van der Waals surface area contributed by atoms with Gasteiger partial charge in [-0.2, -0.15) is 0 Å². The maximum atomic E-state index is 15.3. The molecule has 0 spiro atoms. The normalized spacial score (nSPS) is 13.6. The van der Waals surface area contributed by atoms with Crippen LogP contribution in [0, 0.1) is 0 Å². The third-order valence-corrected chi connectivity index (χ3v) is 13.4. The number of hydrogen-bond acceptors (Lipinski definition) is 1. The van der Waals surface area contributed by atoms with Gasteiger partial charge in [-0.15, -0.1) is 0 Å². The lowest BCUT2D eigenvalue weighted by atomic mass is 9.81. The van der Waals surface area contributed by atoms with Crippen LogP contribution in [-0.2, 0) is 9.98 Å². The Balaban J connectivity index is 1.23. The van der Waals surface area contributed by atoms with E-state index in [0.29, 0.717) is 0 Å². The molecule has 8 aromatic carbocycles. The van der Waals surface area contributed by atoms with E-state index in [0.717, 1.165) is 15.9 Å². The van der Waals surface area contributed by atoms with Gasteiger partial charge in [0.15, 0.2) is 7.14 Å². The predicted octanol–water partition coefficient (Wildman–Crippen LogP) is 10.8. The Labute approximate surface area is 275 Å². The Hall–Kier alpha value is -5.23. The van der Waals surface area contributed by atoms with Gasteiger partial charge in [0, 0.05) is 21.3 Å². The Morgan fingerprint density at radius 1 is 0.404 bits per heavy atom. The number of fused-ring (bicyclic) bond motifs is 9. The van der Waals surface area contributed by atoms with E-state index < -0.39 is 7.14 Å². The van der Waals surface area contributed by atoms with Crippen LogP contribution in [0.2, 0.25) is 0 Å². The van der Waals surface area contributed by atoms with E-state index in [2.05, 4.69) is 117 Å². The highest BCUT2D eigenvalue weighted by Gasteiger charge is 2.38. The van der Waals surface area contributed by atoms with E-state index in [1.807, 2.05) is 60.7 Å². The minimum atomic E-state index is -3.09. The van der Waals surface area contributed by atoms with Gasteiger partial charge < -0.3 is 4.57 Å². The zero-order valence-corrected chi connectivity index (χ0v) is 27.3. The SMILES string of the molecule is CC1(C)c2cc(-c3cccc4c5ccccc5c5ccccc5c34)ccc2-c2ccc(P(=O)(c3ccccc3)c3ccccc3)cc21. The lowest BCUT2D eigenvalue weighted by molar-refractivity contribution is 0.592. The summed E-state index contributed by atoms with van der Waals surface area (Å²) < 4.78 is 15.3. The molecule has 0 bridgehead atoms. The molecule has 9 rings (SSSR count). The summed E-state index contributed by atoms with van der Waals surface area (Å²) in [4.78, 5) is 0. The first kappa shape index (κ1) is 28.0. The second-order valence-electron chi connectivity index (χ2n) is 13.2. The van der Waals surface area contributed by atoms with Crippen molar-refractivity contribution in [1.82, 2.24) is 0 Å². The van der Waals surface area contributed by atoms with E-state index in [9.17, 15) is 0 Å². The molecule has 0 radical (unpaired) electrons. The van der Waals surface area contributed by atoms with E-state index in [1.165, 1.54) is 65.7 Å². The summed E-state index contributed by atoms with van der Waals surface area (Å²) in [5.74, 6) is 0. The van der Waals surface area contributed by atoms with Crippen molar-refractivity contribution in [2.24, 2.45) is 0 Å². The molecule has 0 heterocycles. The number of rotatable bonds is 4. The van der Waals surface area contributed by atoms with Crippen LogP contribution in [0.5, 0.6) is 0 Å². The van der Waals surface area contributed by atoms with Crippen LogP contribution in [0.4, 0.5) is 0 Å². The molecule has 47 heavy (non-hydrogen) atoms. The molecular formula is C45H33OP. The summed E-state index contributed by atoms with van der Waals surface area (Å²) in [7, 11) is -3.09. The monoisotopic (exact) mass is 620 g/mol. The van der Waals surface area contributed by atoms with E-state index in [-0.39, 0.29) is 5.41 Å². The molecule has 0 amide bonds. The van der Waals surface area contributed by atoms with Crippen molar-refractivity contribution in [3.63, 3.8) is 0 Å². The van der Waals surface area contributed by atoms with Crippen LogP contribution >= 0.6 is 7.14 Å². The third-order valence-electron chi connectivity index (χ3n) is 10.3. The number of benzene rings is 8. The summed E-state index contributed by atoms with van der Waals surface area (Å²) in [5, 5.41) is 10.3. The molecule has 8 aromatic rings. The first-order valence-electron chi connectivity index (χ1n) is 16.3.